The fraction of sp³-hybridized carbons (Fsp3) is 0.429. The number of nitrogens with one attached hydrogen (secondary N) is 1. The van der Waals surface area contributed by atoms with Gasteiger partial charge < -0.3 is 24.6 Å². The van der Waals surface area contributed by atoms with Gasteiger partial charge in [0, 0.05) is 63.4 Å². The van der Waals surface area contributed by atoms with E-state index >= 15 is 0 Å². The standard InChI is InChI=1S/C35H43N3O6/c1-24-32(22-38-19-17-37(18-20-38)21-27-7-5-4-6-8-27)43-35(44-33(24)29-11-9-28(23-39)10-12-29)30-13-15-31(16-14-30)36-34(41)25(2)42-26(3)40/h4-16,24-25,32-33,35,39H,17-23H2,1-3H3,(H,36,41)/t24-,25+,32+,33+,35+/m1/s1. The number of anilines is 1. The minimum Gasteiger partial charge on any atom is -0.453 e. The molecule has 9 heteroatoms. The Morgan fingerprint density at radius 2 is 1.52 bits per heavy atom. The maximum Gasteiger partial charge on any atom is 0.303 e. The van der Waals surface area contributed by atoms with E-state index in [4.69, 9.17) is 14.2 Å². The zero-order valence-corrected chi connectivity index (χ0v) is 25.7. The molecule has 5 rings (SSSR count). The fourth-order valence-corrected chi connectivity index (χ4v) is 5.82. The van der Waals surface area contributed by atoms with Gasteiger partial charge in [-0.15, -0.1) is 0 Å². The number of piperazine rings is 1. The van der Waals surface area contributed by atoms with Gasteiger partial charge in [-0.2, -0.15) is 0 Å². The first kappa shape index (κ1) is 31.8. The van der Waals surface area contributed by atoms with Crippen molar-refractivity contribution in [3.8, 4) is 0 Å². The number of carbonyl (C=O) groups excluding carboxylic acids is 2. The number of benzene rings is 3. The van der Waals surface area contributed by atoms with Gasteiger partial charge in [-0.05, 0) is 35.7 Å². The van der Waals surface area contributed by atoms with Gasteiger partial charge in [-0.1, -0.05) is 73.7 Å². The number of carbonyl (C=O) groups is 2. The van der Waals surface area contributed by atoms with Crippen LogP contribution in [0.25, 0.3) is 0 Å². The summed E-state index contributed by atoms with van der Waals surface area (Å²) in [4.78, 5) is 28.6. The zero-order valence-electron chi connectivity index (χ0n) is 25.7. The number of aliphatic hydroxyl groups is 1. The predicted octanol–water partition coefficient (Wildman–Crippen LogP) is 4.68. The van der Waals surface area contributed by atoms with Gasteiger partial charge in [0.25, 0.3) is 5.91 Å². The summed E-state index contributed by atoms with van der Waals surface area (Å²) in [6.07, 6.45) is -1.75. The molecule has 2 fully saturated rings. The lowest BCUT2D eigenvalue weighted by atomic mass is 9.90. The number of hydrogen-bond acceptors (Lipinski definition) is 8. The minimum absolute atomic E-state index is 0.00545. The molecule has 3 aromatic rings. The molecule has 1 amide bonds. The molecule has 0 unspecified atom stereocenters. The van der Waals surface area contributed by atoms with Gasteiger partial charge in [0.15, 0.2) is 12.4 Å². The second kappa shape index (κ2) is 14.9. The first-order chi connectivity index (χ1) is 21.3. The third-order valence-corrected chi connectivity index (χ3v) is 8.44. The topological polar surface area (TPSA) is 101 Å². The highest BCUT2D eigenvalue weighted by atomic mass is 16.7. The predicted molar refractivity (Wildman–Crippen MR) is 167 cm³/mol. The van der Waals surface area contributed by atoms with Crippen molar-refractivity contribution in [2.24, 2.45) is 5.92 Å². The Morgan fingerprint density at radius 3 is 2.16 bits per heavy atom. The zero-order chi connectivity index (χ0) is 31.1. The number of esters is 1. The van der Waals surface area contributed by atoms with E-state index in [0.717, 1.165) is 56.0 Å². The lowest BCUT2D eigenvalue weighted by Crippen LogP contribution is -2.51. The second-order valence-corrected chi connectivity index (χ2v) is 11.7. The average Bonchev–Trinajstić information content (AvgIpc) is 3.03. The lowest BCUT2D eigenvalue weighted by molar-refractivity contribution is -0.276. The van der Waals surface area contributed by atoms with Crippen molar-refractivity contribution >= 4 is 17.6 Å². The Balaban J connectivity index is 1.27. The second-order valence-electron chi connectivity index (χ2n) is 11.7. The third kappa shape index (κ3) is 8.31. The largest absolute Gasteiger partial charge is 0.453 e. The third-order valence-electron chi connectivity index (χ3n) is 8.44. The first-order valence-electron chi connectivity index (χ1n) is 15.4. The molecule has 234 valence electrons. The summed E-state index contributed by atoms with van der Waals surface area (Å²) in [6.45, 7) is 10.7. The smallest absolute Gasteiger partial charge is 0.303 e. The molecule has 0 spiro atoms. The van der Waals surface area contributed by atoms with E-state index in [1.165, 1.54) is 19.4 Å². The van der Waals surface area contributed by atoms with Crippen LogP contribution in [0.4, 0.5) is 5.69 Å². The summed E-state index contributed by atoms with van der Waals surface area (Å²) in [5, 5.41) is 12.3. The van der Waals surface area contributed by atoms with E-state index in [9.17, 15) is 14.7 Å². The van der Waals surface area contributed by atoms with E-state index in [1.807, 2.05) is 36.4 Å². The molecule has 0 radical (unpaired) electrons. The van der Waals surface area contributed by atoms with Crippen LogP contribution in [-0.4, -0.2) is 71.7 Å². The van der Waals surface area contributed by atoms with Crippen LogP contribution in [0.1, 0.15) is 55.4 Å². The Bertz CT molecular complexity index is 1360. The number of amides is 1. The highest BCUT2D eigenvalue weighted by Crippen LogP contribution is 2.42. The number of rotatable bonds is 10. The molecule has 0 saturated carbocycles. The van der Waals surface area contributed by atoms with Gasteiger partial charge in [0.05, 0.1) is 18.8 Å². The molecule has 2 saturated heterocycles. The monoisotopic (exact) mass is 601 g/mol. The Morgan fingerprint density at radius 1 is 0.886 bits per heavy atom. The Labute approximate surface area is 259 Å². The number of hydrogen-bond donors (Lipinski definition) is 2. The summed E-state index contributed by atoms with van der Waals surface area (Å²) in [5.41, 5.74) is 4.67. The first-order valence-corrected chi connectivity index (χ1v) is 15.4. The summed E-state index contributed by atoms with van der Waals surface area (Å²) < 4.78 is 18.2. The summed E-state index contributed by atoms with van der Waals surface area (Å²) in [7, 11) is 0. The number of nitrogens with zero attached hydrogens (tertiary/aromatic N) is 2. The van der Waals surface area contributed by atoms with Crippen LogP contribution in [0.5, 0.6) is 0 Å². The molecule has 5 atom stereocenters. The van der Waals surface area contributed by atoms with E-state index in [2.05, 4.69) is 52.4 Å². The lowest BCUT2D eigenvalue weighted by Gasteiger charge is -2.44. The van der Waals surface area contributed by atoms with Crippen molar-refractivity contribution in [3.05, 3.63) is 101 Å². The van der Waals surface area contributed by atoms with Gasteiger partial charge in [-0.25, -0.2) is 0 Å². The van der Waals surface area contributed by atoms with Crippen molar-refractivity contribution in [2.45, 2.75) is 58.5 Å². The van der Waals surface area contributed by atoms with E-state index in [-0.39, 0.29) is 24.7 Å². The van der Waals surface area contributed by atoms with Crippen molar-refractivity contribution in [3.63, 3.8) is 0 Å². The molecule has 9 nitrogen and oxygen atoms in total. The summed E-state index contributed by atoms with van der Waals surface area (Å²) >= 11 is 0. The Hall–Kier alpha value is -3.60. The highest BCUT2D eigenvalue weighted by molar-refractivity contribution is 5.94. The Kier molecular flexibility index (Phi) is 10.8. The minimum atomic E-state index is -0.891. The molecule has 2 heterocycles. The van der Waals surface area contributed by atoms with Crippen molar-refractivity contribution in [1.82, 2.24) is 9.80 Å². The maximum absolute atomic E-state index is 12.4. The van der Waals surface area contributed by atoms with Crippen LogP contribution in [0, 0.1) is 5.92 Å². The quantitative estimate of drug-likeness (QED) is 0.323. The van der Waals surface area contributed by atoms with E-state index in [0.29, 0.717) is 5.69 Å². The molecular formula is C35H43N3O6. The maximum atomic E-state index is 12.4. The SMILES string of the molecule is CC(=O)O[C@@H](C)C(=O)Nc1ccc([C@H]2O[C@@H](CN3CCN(Cc4ccccc4)CC3)[C@@H](C)[C@@H](c3ccc(CO)cc3)O2)cc1. The molecule has 2 N–H and O–H groups in total. The number of aliphatic hydroxyl groups excluding tert-OH is 1. The van der Waals surface area contributed by atoms with Crippen LogP contribution >= 0.6 is 0 Å². The average molecular weight is 602 g/mol. The van der Waals surface area contributed by atoms with Crippen LogP contribution in [-0.2, 0) is 37.0 Å². The van der Waals surface area contributed by atoms with Crippen molar-refractivity contribution < 1.29 is 28.9 Å². The molecule has 44 heavy (non-hydrogen) atoms. The van der Waals surface area contributed by atoms with Crippen molar-refractivity contribution in [2.75, 3.05) is 38.0 Å². The van der Waals surface area contributed by atoms with Crippen LogP contribution in [0.15, 0.2) is 78.9 Å². The molecule has 2 aliphatic heterocycles. The normalized spacial score (nSPS) is 23.5. The number of ether oxygens (including phenoxy) is 3. The van der Waals surface area contributed by atoms with Gasteiger partial charge >= 0.3 is 5.97 Å². The summed E-state index contributed by atoms with van der Waals surface area (Å²) in [5.74, 6) is -0.815. The van der Waals surface area contributed by atoms with Crippen molar-refractivity contribution in [1.29, 1.82) is 0 Å². The molecular weight excluding hydrogens is 558 g/mol. The van der Waals surface area contributed by atoms with Gasteiger partial charge in [0.2, 0.25) is 0 Å². The molecule has 0 aliphatic carbocycles. The fourth-order valence-electron chi connectivity index (χ4n) is 5.82. The van der Waals surface area contributed by atoms with E-state index < -0.39 is 24.3 Å². The molecule has 0 bridgehead atoms. The molecule has 0 aromatic heterocycles. The highest BCUT2D eigenvalue weighted by Gasteiger charge is 2.39. The molecule has 2 aliphatic rings. The van der Waals surface area contributed by atoms with Gasteiger partial charge in [0.1, 0.15) is 0 Å². The van der Waals surface area contributed by atoms with Crippen LogP contribution in [0.3, 0.4) is 0 Å². The van der Waals surface area contributed by atoms with Crippen LogP contribution in [0.2, 0.25) is 0 Å². The van der Waals surface area contributed by atoms with Crippen LogP contribution < -0.4 is 5.32 Å². The summed E-state index contributed by atoms with van der Waals surface area (Å²) in [6, 6.07) is 25.9. The van der Waals surface area contributed by atoms with Gasteiger partial charge in [-0.3, -0.25) is 19.4 Å². The molecule has 3 aromatic carbocycles. The van der Waals surface area contributed by atoms with E-state index in [1.54, 1.807) is 12.1 Å².